The van der Waals surface area contributed by atoms with Crippen LogP contribution in [0, 0.1) is 10.1 Å². The first-order valence-corrected chi connectivity index (χ1v) is 9.08. The van der Waals surface area contributed by atoms with Crippen molar-refractivity contribution in [3.8, 4) is 0 Å². The van der Waals surface area contributed by atoms with E-state index in [9.17, 15) is 14.9 Å². The Hall–Kier alpha value is -2.48. The van der Waals surface area contributed by atoms with E-state index >= 15 is 0 Å². The van der Waals surface area contributed by atoms with Crippen LogP contribution in [0.25, 0.3) is 0 Å². The van der Waals surface area contributed by atoms with E-state index in [0.29, 0.717) is 19.0 Å². The zero-order valence-electron chi connectivity index (χ0n) is 14.2. The smallest absolute Gasteiger partial charge is 0.310 e. The molecule has 1 aromatic heterocycles. The number of hydrogen-bond acceptors (Lipinski definition) is 6. The summed E-state index contributed by atoms with van der Waals surface area (Å²) in [5.41, 5.74) is 0.901. The number of nitro groups is 1. The molecule has 0 amide bonds. The van der Waals surface area contributed by atoms with E-state index in [0.717, 1.165) is 29.3 Å². The van der Waals surface area contributed by atoms with E-state index in [1.165, 1.54) is 12.3 Å². The van der Waals surface area contributed by atoms with Crippen molar-refractivity contribution in [2.24, 2.45) is 0 Å². The molecule has 138 valence electrons. The second-order valence-corrected chi connectivity index (χ2v) is 6.59. The third-order valence-corrected chi connectivity index (χ3v) is 4.14. The van der Waals surface area contributed by atoms with Crippen molar-refractivity contribution in [2.75, 3.05) is 18.5 Å². The maximum Gasteiger partial charge on any atom is 0.310 e. The fraction of sp³-hybridized carbons (Fsp3) is 0.333. The number of unbranched alkanes of at least 4 members (excludes halogenated alkanes) is 2. The predicted molar refractivity (Wildman–Crippen MR) is 102 cm³/mol. The summed E-state index contributed by atoms with van der Waals surface area (Å²) >= 11 is 3.36. The Bertz CT molecular complexity index is 720. The van der Waals surface area contributed by atoms with E-state index in [1.807, 2.05) is 24.3 Å². The zero-order valence-corrected chi connectivity index (χ0v) is 15.8. The highest BCUT2D eigenvalue weighted by Gasteiger charge is 2.06. The van der Waals surface area contributed by atoms with Gasteiger partial charge in [0.05, 0.1) is 18.0 Å². The predicted octanol–water partition coefficient (Wildman–Crippen LogP) is 4.12. The highest BCUT2D eigenvalue weighted by Crippen LogP contribution is 2.12. The molecule has 1 heterocycles. The summed E-state index contributed by atoms with van der Waals surface area (Å²) in [6.45, 7) is 1.11. The molecule has 0 unspecified atom stereocenters. The molecule has 1 N–H and O–H groups in total. The third-order valence-electron chi connectivity index (χ3n) is 3.61. The summed E-state index contributed by atoms with van der Waals surface area (Å²) in [5, 5.41) is 13.6. The van der Waals surface area contributed by atoms with Gasteiger partial charge in [-0.2, -0.15) is 0 Å². The normalized spacial score (nSPS) is 10.3. The monoisotopic (exact) mass is 421 g/mol. The molecule has 0 aliphatic carbocycles. The first-order chi connectivity index (χ1) is 12.5. The number of nitrogens with one attached hydrogen (secondary N) is 1. The zero-order chi connectivity index (χ0) is 18.8. The van der Waals surface area contributed by atoms with Gasteiger partial charge in [0.1, 0.15) is 12.0 Å². The lowest BCUT2D eigenvalue weighted by Crippen LogP contribution is -2.09. The average molecular weight is 422 g/mol. The Kier molecular flexibility index (Phi) is 8.01. The first kappa shape index (κ1) is 19.8. The number of carbonyl (C=O) groups is 1. The molecule has 2 rings (SSSR count). The SMILES string of the molecule is O=C(Cc1ccc(Br)cc1)OCCCCCNc1ccc([N+](=O)[O-])cn1. The van der Waals surface area contributed by atoms with Gasteiger partial charge in [0.25, 0.3) is 5.69 Å². The lowest BCUT2D eigenvalue weighted by atomic mass is 10.1. The van der Waals surface area contributed by atoms with E-state index in [-0.39, 0.29) is 18.1 Å². The number of benzene rings is 1. The van der Waals surface area contributed by atoms with Gasteiger partial charge in [-0.15, -0.1) is 0 Å². The van der Waals surface area contributed by atoms with Gasteiger partial charge in [0.2, 0.25) is 0 Å². The van der Waals surface area contributed by atoms with E-state index in [1.54, 1.807) is 6.07 Å². The van der Waals surface area contributed by atoms with Crippen LogP contribution in [-0.2, 0) is 16.0 Å². The number of nitrogens with zero attached hydrogens (tertiary/aromatic N) is 2. The van der Waals surface area contributed by atoms with Crippen LogP contribution >= 0.6 is 15.9 Å². The number of anilines is 1. The minimum absolute atomic E-state index is 0.0273. The van der Waals surface area contributed by atoms with Gasteiger partial charge in [-0.05, 0) is 43.0 Å². The summed E-state index contributed by atoms with van der Waals surface area (Å²) in [5.74, 6) is 0.386. The Morgan fingerprint density at radius 1 is 1.15 bits per heavy atom. The van der Waals surface area contributed by atoms with E-state index in [4.69, 9.17) is 4.74 Å². The average Bonchev–Trinajstić information content (AvgIpc) is 2.63. The van der Waals surface area contributed by atoms with Crippen LogP contribution in [0.4, 0.5) is 11.5 Å². The second kappa shape index (κ2) is 10.5. The number of hydrogen-bond donors (Lipinski definition) is 1. The molecule has 0 atom stereocenters. The number of halogens is 1. The van der Waals surface area contributed by atoms with Crippen LogP contribution in [0.2, 0.25) is 0 Å². The fourth-order valence-electron chi connectivity index (χ4n) is 2.22. The summed E-state index contributed by atoms with van der Waals surface area (Å²) in [7, 11) is 0. The van der Waals surface area contributed by atoms with Gasteiger partial charge in [-0.1, -0.05) is 28.1 Å². The van der Waals surface area contributed by atoms with Crippen molar-refractivity contribution in [2.45, 2.75) is 25.7 Å². The summed E-state index contributed by atoms with van der Waals surface area (Å²) < 4.78 is 6.21. The minimum atomic E-state index is -0.477. The molecule has 0 fully saturated rings. The maximum atomic E-state index is 11.7. The first-order valence-electron chi connectivity index (χ1n) is 8.29. The van der Waals surface area contributed by atoms with Crippen LogP contribution in [0.15, 0.2) is 47.1 Å². The highest BCUT2D eigenvalue weighted by molar-refractivity contribution is 9.10. The van der Waals surface area contributed by atoms with Gasteiger partial charge < -0.3 is 10.1 Å². The lowest BCUT2D eigenvalue weighted by molar-refractivity contribution is -0.385. The summed E-state index contributed by atoms with van der Waals surface area (Å²) in [6, 6.07) is 10.6. The number of pyridine rings is 1. The molecular formula is C18H20BrN3O4. The molecule has 7 nitrogen and oxygen atoms in total. The van der Waals surface area contributed by atoms with Gasteiger partial charge >= 0.3 is 5.97 Å². The van der Waals surface area contributed by atoms with Crippen molar-refractivity contribution >= 4 is 33.4 Å². The van der Waals surface area contributed by atoms with Crippen LogP contribution < -0.4 is 5.32 Å². The van der Waals surface area contributed by atoms with Crippen molar-refractivity contribution in [1.82, 2.24) is 4.98 Å². The number of ether oxygens (including phenoxy) is 1. The topological polar surface area (TPSA) is 94.4 Å². The quantitative estimate of drug-likeness (QED) is 0.268. The minimum Gasteiger partial charge on any atom is -0.465 e. The Labute approximate surface area is 160 Å². The molecule has 0 radical (unpaired) electrons. The molecular weight excluding hydrogens is 402 g/mol. The molecule has 0 bridgehead atoms. The third kappa shape index (κ3) is 7.18. The van der Waals surface area contributed by atoms with Crippen LogP contribution in [0.5, 0.6) is 0 Å². The van der Waals surface area contributed by atoms with Crippen LogP contribution in [0.1, 0.15) is 24.8 Å². The molecule has 8 heteroatoms. The number of esters is 1. The van der Waals surface area contributed by atoms with Crippen molar-refractivity contribution in [3.05, 3.63) is 62.7 Å². The van der Waals surface area contributed by atoms with Crippen LogP contribution in [-0.4, -0.2) is 29.0 Å². The Morgan fingerprint density at radius 3 is 2.58 bits per heavy atom. The van der Waals surface area contributed by atoms with Crippen molar-refractivity contribution in [1.29, 1.82) is 0 Å². The molecule has 2 aromatic rings. The standard InChI is InChI=1S/C18H20BrN3O4/c19-15-6-4-14(5-7-15)12-18(23)26-11-3-1-2-10-20-17-9-8-16(13-21-17)22(24)25/h4-9,13H,1-3,10-12H2,(H,20,21). The maximum absolute atomic E-state index is 11.7. The fourth-order valence-corrected chi connectivity index (χ4v) is 2.49. The van der Waals surface area contributed by atoms with E-state index in [2.05, 4.69) is 26.2 Å². The molecule has 0 saturated heterocycles. The largest absolute Gasteiger partial charge is 0.465 e. The highest BCUT2D eigenvalue weighted by atomic mass is 79.9. The number of rotatable bonds is 10. The summed E-state index contributed by atoms with van der Waals surface area (Å²) in [4.78, 5) is 25.8. The Balaban J connectivity index is 1.53. The molecule has 0 spiro atoms. The molecule has 0 aliphatic rings. The van der Waals surface area contributed by atoms with Gasteiger partial charge in [0, 0.05) is 17.1 Å². The lowest BCUT2D eigenvalue weighted by Gasteiger charge is -2.06. The number of carbonyl (C=O) groups excluding carboxylic acids is 1. The molecule has 0 aliphatic heterocycles. The van der Waals surface area contributed by atoms with Crippen molar-refractivity contribution < 1.29 is 14.5 Å². The van der Waals surface area contributed by atoms with Gasteiger partial charge in [-0.25, -0.2) is 4.98 Å². The molecule has 0 saturated carbocycles. The van der Waals surface area contributed by atoms with Crippen molar-refractivity contribution in [3.63, 3.8) is 0 Å². The second-order valence-electron chi connectivity index (χ2n) is 5.67. The van der Waals surface area contributed by atoms with Gasteiger partial charge in [0.15, 0.2) is 0 Å². The van der Waals surface area contributed by atoms with E-state index < -0.39 is 4.92 Å². The summed E-state index contributed by atoms with van der Waals surface area (Å²) in [6.07, 6.45) is 4.10. The Morgan fingerprint density at radius 2 is 1.92 bits per heavy atom. The van der Waals surface area contributed by atoms with Gasteiger partial charge in [-0.3, -0.25) is 14.9 Å². The number of aromatic nitrogens is 1. The molecule has 1 aromatic carbocycles. The van der Waals surface area contributed by atoms with Crippen LogP contribution in [0.3, 0.4) is 0 Å². The molecule has 26 heavy (non-hydrogen) atoms.